The topological polar surface area (TPSA) is 46.5 Å². The van der Waals surface area contributed by atoms with Crippen LogP contribution in [-0.4, -0.2) is 11.1 Å². The van der Waals surface area contributed by atoms with Gasteiger partial charge in [0.2, 0.25) is 0 Å². The number of aryl methyl sites for hydroxylation is 1. The first kappa shape index (κ1) is 19.0. The lowest BCUT2D eigenvalue weighted by Crippen LogP contribution is -1.98. The molecule has 2 aromatic carbocycles. The third kappa shape index (κ3) is 7.42. The van der Waals surface area contributed by atoms with Crippen LogP contribution in [0.5, 0.6) is 5.75 Å². The minimum Gasteiger partial charge on any atom is -0.489 e. The summed E-state index contributed by atoms with van der Waals surface area (Å²) in [5.74, 6) is 0.804. The monoisotopic (exact) mass is 340 g/mol. The molecule has 0 bridgehead atoms. The number of unbranched alkanes of at least 4 members (excludes halogenated alkanes) is 1. The summed E-state index contributed by atoms with van der Waals surface area (Å²) in [5, 5.41) is 8.67. The highest BCUT2D eigenvalue weighted by Gasteiger charge is 2.02. The van der Waals surface area contributed by atoms with E-state index in [4.69, 9.17) is 9.84 Å². The SMILES string of the molecule is CC(C)Cc1ccc(COc2cccc(CCCCC(=O)O)c2)cc1. The molecule has 134 valence electrons. The second kappa shape index (κ2) is 9.87. The van der Waals surface area contributed by atoms with Crippen molar-refractivity contribution in [3.05, 3.63) is 65.2 Å². The molecule has 0 heterocycles. The smallest absolute Gasteiger partial charge is 0.303 e. The van der Waals surface area contributed by atoms with E-state index in [1.165, 1.54) is 16.7 Å². The standard InChI is InChI=1S/C22H28O3/c1-17(2)14-19-10-12-20(13-11-19)16-25-21-8-5-7-18(15-21)6-3-4-9-22(23)24/h5,7-8,10-13,15,17H,3-4,6,9,14,16H2,1-2H3,(H,23,24). The number of hydrogen-bond donors (Lipinski definition) is 1. The summed E-state index contributed by atoms with van der Waals surface area (Å²) in [6, 6.07) is 16.7. The average molecular weight is 340 g/mol. The number of benzene rings is 2. The van der Waals surface area contributed by atoms with Gasteiger partial charge in [0, 0.05) is 6.42 Å². The van der Waals surface area contributed by atoms with Gasteiger partial charge in [0.05, 0.1) is 0 Å². The molecule has 0 unspecified atom stereocenters. The quantitative estimate of drug-likeness (QED) is 0.600. The van der Waals surface area contributed by atoms with Crippen LogP contribution in [0.1, 0.15) is 49.8 Å². The Morgan fingerprint density at radius 2 is 1.72 bits per heavy atom. The van der Waals surface area contributed by atoms with Crippen molar-refractivity contribution < 1.29 is 14.6 Å². The molecule has 1 N–H and O–H groups in total. The van der Waals surface area contributed by atoms with Gasteiger partial charge in [-0.15, -0.1) is 0 Å². The lowest BCUT2D eigenvalue weighted by molar-refractivity contribution is -0.137. The van der Waals surface area contributed by atoms with Crippen molar-refractivity contribution in [1.82, 2.24) is 0 Å². The molecule has 0 aliphatic rings. The van der Waals surface area contributed by atoms with Crippen molar-refractivity contribution >= 4 is 5.97 Å². The summed E-state index contributed by atoms with van der Waals surface area (Å²) in [5.41, 5.74) is 3.72. The van der Waals surface area contributed by atoms with Crippen molar-refractivity contribution in [2.24, 2.45) is 5.92 Å². The number of rotatable bonds is 10. The molecule has 0 fully saturated rings. The van der Waals surface area contributed by atoms with E-state index in [-0.39, 0.29) is 6.42 Å². The number of ether oxygens (including phenoxy) is 1. The fraction of sp³-hybridized carbons (Fsp3) is 0.409. The van der Waals surface area contributed by atoms with Gasteiger partial charge in [0.15, 0.2) is 0 Å². The van der Waals surface area contributed by atoms with Crippen molar-refractivity contribution in [2.75, 3.05) is 0 Å². The third-order valence-electron chi connectivity index (χ3n) is 4.08. The van der Waals surface area contributed by atoms with E-state index in [0.29, 0.717) is 18.9 Å². The maximum Gasteiger partial charge on any atom is 0.303 e. The highest BCUT2D eigenvalue weighted by atomic mass is 16.5. The Labute approximate surface area is 150 Å². The predicted molar refractivity (Wildman–Crippen MR) is 101 cm³/mol. The summed E-state index contributed by atoms with van der Waals surface area (Å²) < 4.78 is 5.90. The van der Waals surface area contributed by atoms with Crippen molar-refractivity contribution in [3.8, 4) is 5.75 Å². The Morgan fingerprint density at radius 1 is 1.00 bits per heavy atom. The zero-order valence-electron chi connectivity index (χ0n) is 15.2. The molecule has 3 heteroatoms. The lowest BCUT2D eigenvalue weighted by Gasteiger charge is -2.10. The van der Waals surface area contributed by atoms with Gasteiger partial charge in [-0.2, -0.15) is 0 Å². The van der Waals surface area contributed by atoms with E-state index in [0.717, 1.165) is 25.0 Å². The van der Waals surface area contributed by atoms with E-state index < -0.39 is 5.97 Å². The summed E-state index contributed by atoms with van der Waals surface area (Å²) in [4.78, 5) is 10.5. The minimum atomic E-state index is -0.725. The lowest BCUT2D eigenvalue weighted by atomic mass is 10.0. The van der Waals surface area contributed by atoms with Crippen LogP contribution < -0.4 is 4.74 Å². The first-order valence-corrected chi connectivity index (χ1v) is 9.04. The molecule has 0 atom stereocenters. The van der Waals surface area contributed by atoms with Gasteiger partial charge < -0.3 is 9.84 Å². The van der Waals surface area contributed by atoms with Gasteiger partial charge in [-0.1, -0.05) is 50.2 Å². The Balaban J connectivity index is 1.82. The molecule has 0 radical (unpaired) electrons. The average Bonchev–Trinajstić information content (AvgIpc) is 2.58. The Hall–Kier alpha value is -2.29. The highest BCUT2D eigenvalue weighted by Crippen LogP contribution is 2.18. The first-order valence-electron chi connectivity index (χ1n) is 9.04. The number of hydrogen-bond acceptors (Lipinski definition) is 2. The van der Waals surface area contributed by atoms with Gasteiger partial charge in [0.25, 0.3) is 0 Å². The molecule has 0 aliphatic heterocycles. The molecule has 2 aromatic rings. The van der Waals surface area contributed by atoms with Gasteiger partial charge in [-0.05, 0) is 60.4 Å². The van der Waals surface area contributed by atoms with E-state index in [1.54, 1.807) is 0 Å². The molecule has 0 saturated carbocycles. The van der Waals surface area contributed by atoms with E-state index in [2.05, 4.69) is 44.2 Å². The van der Waals surface area contributed by atoms with Crippen LogP contribution in [0.4, 0.5) is 0 Å². The van der Waals surface area contributed by atoms with E-state index >= 15 is 0 Å². The van der Waals surface area contributed by atoms with Crippen molar-refractivity contribution in [2.45, 2.75) is 52.6 Å². The third-order valence-corrected chi connectivity index (χ3v) is 4.08. The predicted octanol–water partition coefficient (Wildman–Crippen LogP) is 5.26. The zero-order valence-corrected chi connectivity index (χ0v) is 15.2. The Kier molecular flexibility index (Phi) is 7.52. The van der Waals surface area contributed by atoms with Crippen LogP contribution in [0, 0.1) is 5.92 Å². The molecular weight excluding hydrogens is 312 g/mol. The molecule has 0 saturated heterocycles. The molecule has 0 spiro atoms. The first-order chi connectivity index (χ1) is 12.0. The zero-order chi connectivity index (χ0) is 18.1. The maximum absolute atomic E-state index is 10.5. The maximum atomic E-state index is 10.5. The fourth-order valence-electron chi connectivity index (χ4n) is 2.81. The summed E-state index contributed by atoms with van der Waals surface area (Å²) in [6.07, 6.45) is 3.82. The van der Waals surface area contributed by atoms with Crippen LogP contribution in [0.2, 0.25) is 0 Å². The molecular formula is C22H28O3. The van der Waals surface area contributed by atoms with Crippen LogP contribution in [0.15, 0.2) is 48.5 Å². The summed E-state index contributed by atoms with van der Waals surface area (Å²) in [6.45, 7) is 5.02. The van der Waals surface area contributed by atoms with Crippen molar-refractivity contribution in [1.29, 1.82) is 0 Å². The highest BCUT2D eigenvalue weighted by molar-refractivity contribution is 5.66. The molecule has 25 heavy (non-hydrogen) atoms. The Bertz CT molecular complexity index is 659. The number of carboxylic acids is 1. The largest absolute Gasteiger partial charge is 0.489 e. The second-order valence-corrected chi connectivity index (χ2v) is 6.95. The van der Waals surface area contributed by atoms with Crippen LogP contribution >= 0.6 is 0 Å². The number of carbonyl (C=O) groups is 1. The van der Waals surface area contributed by atoms with E-state index in [9.17, 15) is 4.79 Å². The van der Waals surface area contributed by atoms with Crippen LogP contribution in [-0.2, 0) is 24.2 Å². The Morgan fingerprint density at radius 3 is 2.40 bits per heavy atom. The van der Waals surface area contributed by atoms with Gasteiger partial charge in [0.1, 0.15) is 12.4 Å². The molecule has 0 amide bonds. The van der Waals surface area contributed by atoms with E-state index in [1.807, 2.05) is 18.2 Å². The summed E-state index contributed by atoms with van der Waals surface area (Å²) >= 11 is 0. The van der Waals surface area contributed by atoms with Crippen LogP contribution in [0.25, 0.3) is 0 Å². The van der Waals surface area contributed by atoms with Gasteiger partial charge in [-0.25, -0.2) is 0 Å². The van der Waals surface area contributed by atoms with Gasteiger partial charge >= 0.3 is 5.97 Å². The molecule has 2 rings (SSSR count). The fourth-order valence-corrected chi connectivity index (χ4v) is 2.81. The molecule has 3 nitrogen and oxygen atoms in total. The van der Waals surface area contributed by atoms with Gasteiger partial charge in [-0.3, -0.25) is 4.79 Å². The summed E-state index contributed by atoms with van der Waals surface area (Å²) in [7, 11) is 0. The molecule has 0 aliphatic carbocycles. The number of carboxylic acid groups (broad SMARTS) is 1. The van der Waals surface area contributed by atoms with Crippen molar-refractivity contribution in [3.63, 3.8) is 0 Å². The normalized spacial score (nSPS) is 10.8. The number of aliphatic carboxylic acids is 1. The minimum absolute atomic E-state index is 0.239. The second-order valence-electron chi connectivity index (χ2n) is 6.95. The van der Waals surface area contributed by atoms with Crippen LogP contribution in [0.3, 0.4) is 0 Å². The molecule has 0 aromatic heterocycles.